The zero-order valence-corrected chi connectivity index (χ0v) is 16.7. The SMILES string of the molecule is O=C(CSc1nnnn1-c1ccc(OC(F)(F)F)cc1)NC1CCOc2ccccc21. The summed E-state index contributed by atoms with van der Waals surface area (Å²) >= 11 is 1.11. The van der Waals surface area contributed by atoms with Crippen molar-refractivity contribution in [3.63, 3.8) is 0 Å². The number of rotatable bonds is 6. The Hall–Kier alpha value is -3.28. The molecule has 8 nitrogen and oxygen atoms in total. The summed E-state index contributed by atoms with van der Waals surface area (Å²) in [6.07, 6.45) is -4.10. The summed E-state index contributed by atoms with van der Waals surface area (Å²) in [6, 6.07) is 12.5. The van der Waals surface area contributed by atoms with E-state index in [0.717, 1.165) is 35.2 Å². The molecule has 1 aliphatic heterocycles. The van der Waals surface area contributed by atoms with Crippen LogP contribution >= 0.6 is 11.8 Å². The molecule has 0 spiro atoms. The highest BCUT2D eigenvalue weighted by molar-refractivity contribution is 7.99. The molecule has 0 bridgehead atoms. The molecule has 0 saturated heterocycles. The first kappa shape index (κ1) is 21.0. The summed E-state index contributed by atoms with van der Waals surface area (Å²) in [5, 5.41) is 14.6. The van der Waals surface area contributed by atoms with Crippen molar-refractivity contribution >= 4 is 17.7 Å². The van der Waals surface area contributed by atoms with Crippen LogP contribution in [0, 0.1) is 0 Å². The molecule has 12 heteroatoms. The van der Waals surface area contributed by atoms with E-state index in [2.05, 4.69) is 25.6 Å². The second kappa shape index (κ2) is 8.84. The Morgan fingerprint density at radius 1 is 1.23 bits per heavy atom. The van der Waals surface area contributed by atoms with Crippen molar-refractivity contribution in [2.75, 3.05) is 12.4 Å². The van der Waals surface area contributed by atoms with Gasteiger partial charge in [-0.25, -0.2) is 0 Å². The Morgan fingerprint density at radius 3 is 2.77 bits per heavy atom. The first-order valence-electron chi connectivity index (χ1n) is 9.17. The third-order valence-electron chi connectivity index (χ3n) is 4.38. The molecule has 1 atom stereocenters. The molecular weight excluding hydrogens is 435 g/mol. The van der Waals surface area contributed by atoms with Crippen LogP contribution in [0.2, 0.25) is 0 Å². The van der Waals surface area contributed by atoms with Crippen molar-refractivity contribution in [1.29, 1.82) is 0 Å². The minimum atomic E-state index is -4.77. The van der Waals surface area contributed by atoms with Crippen LogP contribution in [0.4, 0.5) is 13.2 Å². The fourth-order valence-corrected chi connectivity index (χ4v) is 3.78. The van der Waals surface area contributed by atoms with Gasteiger partial charge < -0.3 is 14.8 Å². The predicted octanol–water partition coefficient (Wildman–Crippen LogP) is 3.29. The van der Waals surface area contributed by atoms with E-state index in [1.54, 1.807) is 0 Å². The lowest BCUT2D eigenvalue weighted by Crippen LogP contribution is -2.33. The fraction of sp³-hybridized carbons (Fsp3) is 0.263. The number of nitrogens with one attached hydrogen (secondary N) is 1. The topological polar surface area (TPSA) is 91.2 Å². The first-order chi connectivity index (χ1) is 14.9. The van der Waals surface area contributed by atoms with E-state index in [4.69, 9.17) is 4.74 Å². The molecular formula is C19H16F3N5O3S. The van der Waals surface area contributed by atoms with Gasteiger partial charge in [0.05, 0.1) is 24.1 Å². The number of carbonyl (C=O) groups excluding carboxylic acids is 1. The molecule has 1 unspecified atom stereocenters. The summed E-state index contributed by atoms with van der Waals surface area (Å²) in [5.41, 5.74) is 1.36. The average molecular weight is 451 g/mol. The number of ether oxygens (including phenoxy) is 2. The van der Waals surface area contributed by atoms with Gasteiger partial charge in [0.25, 0.3) is 0 Å². The molecule has 31 heavy (non-hydrogen) atoms. The Labute approximate surface area is 178 Å². The van der Waals surface area contributed by atoms with Crippen molar-refractivity contribution in [2.45, 2.75) is 24.0 Å². The number of tetrazole rings is 1. The second-order valence-corrected chi connectivity index (χ2v) is 7.44. The van der Waals surface area contributed by atoms with Crippen LogP contribution in [0.1, 0.15) is 18.0 Å². The van der Waals surface area contributed by atoms with Crippen LogP contribution in [0.5, 0.6) is 11.5 Å². The number of amides is 1. The van der Waals surface area contributed by atoms with Gasteiger partial charge in [-0.3, -0.25) is 4.79 Å². The molecule has 0 fully saturated rings. The number of para-hydroxylation sites is 1. The van der Waals surface area contributed by atoms with E-state index < -0.39 is 6.36 Å². The molecule has 3 aromatic rings. The van der Waals surface area contributed by atoms with Crippen molar-refractivity contribution < 1.29 is 27.4 Å². The number of carbonyl (C=O) groups is 1. The summed E-state index contributed by atoms with van der Waals surface area (Å²) in [5.74, 6) is 0.272. The number of hydrogen-bond donors (Lipinski definition) is 1. The average Bonchev–Trinajstić information content (AvgIpc) is 3.21. The second-order valence-electron chi connectivity index (χ2n) is 6.50. The van der Waals surface area contributed by atoms with Crippen LogP contribution < -0.4 is 14.8 Å². The lowest BCUT2D eigenvalue weighted by molar-refractivity contribution is -0.274. The van der Waals surface area contributed by atoms with Gasteiger partial charge in [-0.1, -0.05) is 30.0 Å². The number of benzene rings is 2. The van der Waals surface area contributed by atoms with Gasteiger partial charge in [-0.2, -0.15) is 4.68 Å². The molecule has 1 aromatic heterocycles. The number of nitrogens with zero attached hydrogens (tertiary/aromatic N) is 4. The molecule has 1 aliphatic rings. The minimum absolute atomic E-state index is 0.0646. The molecule has 0 radical (unpaired) electrons. The monoisotopic (exact) mass is 451 g/mol. The Balaban J connectivity index is 1.37. The summed E-state index contributed by atoms with van der Waals surface area (Å²) < 4.78 is 47.7. The highest BCUT2D eigenvalue weighted by Gasteiger charge is 2.31. The number of aromatic nitrogens is 4. The van der Waals surface area contributed by atoms with Crippen molar-refractivity contribution in [3.05, 3.63) is 54.1 Å². The molecule has 2 aromatic carbocycles. The lowest BCUT2D eigenvalue weighted by Gasteiger charge is -2.26. The van der Waals surface area contributed by atoms with Gasteiger partial charge in [0, 0.05) is 12.0 Å². The summed E-state index contributed by atoms with van der Waals surface area (Å²) in [6.45, 7) is 0.515. The van der Waals surface area contributed by atoms with E-state index in [1.165, 1.54) is 16.8 Å². The van der Waals surface area contributed by atoms with Crippen LogP contribution in [-0.4, -0.2) is 44.8 Å². The smallest absolute Gasteiger partial charge is 0.493 e. The molecule has 1 N–H and O–H groups in total. The quantitative estimate of drug-likeness (QED) is 0.575. The predicted molar refractivity (Wildman–Crippen MR) is 104 cm³/mol. The standard InChI is InChI=1S/C19H16F3N5O3S/c20-19(21,22)30-13-7-5-12(6-8-13)27-18(24-25-26-27)31-11-17(28)23-15-9-10-29-16-4-2-1-3-14(15)16/h1-8,15H,9-11H2,(H,23,28). The molecule has 0 aliphatic carbocycles. The number of fused-ring (bicyclic) bond motifs is 1. The number of thioether (sulfide) groups is 1. The van der Waals surface area contributed by atoms with Crippen LogP contribution in [0.15, 0.2) is 53.7 Å². The zero-order valence-electron chi connectivity index (χ0n) is 15.9. The number of hydrogen-bond acceptors (Lipinski definition) is 7. The van der Waals surface area contributed by atoms with Gasteiger partial charge >= 0.3 is 6.36 Å². The van der Waals surface area contributed by atoms with E-state index >= 15 is 0 Å². The molecule has 2 heterocycles. The van der Waals surface area contributed by atoms with Crippen LogP contribution in [0.3, 0.4) is 0 Å². The van der Waals surface area contributed by atoms with Gasteiger partial charge in [-0.15, -0.1) is 18.3 Å². The third kappa shape index (κ3) is 5.26. The zero-order chi connectivity index (χ0) is 21.8. The third-order valence-corrected chi connectivity index (χ3v) is 5.30. The number of alkyl halides is 3. The molecule has 0 saturated carbocycles. The molecule has 1 amide bonds. The van der Waals surface area contributed by atoms with Gasteiger partial charge in [0.15, 0.2) is 0 Å². The van der Waals surface area contributed by atoms with Gasteiger partial charge in [0.1, 0.15) is 11.5 Å². The fourth-order valence-electron chi connectivity index (χ4n) is 3.08. The largest absolute Gasteiger partial charge is 0.573 e. The molecule has 162 valence electrons. The van der Waals surface area contributed by atoms with Crippen LogP contribution in [-0.2, 0) is 4.79 Å². The maximum absolute atomic E-state index is 12.5. The van der Waals surface area contributed by atoms with E-state index in [1.807, 2.05) is 24.3 Å². The lowest BCUT2D eigenvalue weighted by atomic mass is 10.0. The minimum Gasteiger partial charge on any atom is -0.493 e. The van der Waals surface area contributed by atoms with Crippen LogP contribution in [0.25, 0.3) is 5.69 Å². The van der Waals surface area contributed by atoms with Gasteiger partial charge in [0.2, 0.25) is 11.1 Å². The normalized spacial score (nSPS) is 15.6. The first-order valence-corrected chi connectivity index (χ1v) is 10.2. The Kier molecular flexibility index (Phi) is 5.98. The van der Waals surface area contributed by atoms with E-state index in [-0.39, 0.29) is 23.5 Å². The highest BCUT2D eigenvalue weighted by Crippen LogP contribution is 2.31. The van der Waals surface area contributed by atoms with Gasteiger partial charge in [-0.05, 0) is 40.8 Å². The van der Waals surface area contributed by atoms with Crippen molar-refractivity contribution in [1.82, 2.24) is 25.5 Å². The van der Waals surface area contributed by atoms with E-state index in [0.29, 0.717) is 23.9 Å². The Morgan fingerprint density at radius 2 is 2.00 bits per heavy atom. The van der Waals surface area contributed by atoms with Crippen molar-refractivity contribution in [2.24, 2.45) is 0 Å². The van der Waals surface area contributed by atoms with Crippen molar-refractivity contribution in [3.8, 4) is 17.2 Å². The Bertz CT molecular complexity index is 1060. The van der Waals surface area contributed by atoms with E-state index in [9.17, 15) is 18.0 Å². The summed E-state index contributed by atoms with van der Waals surface area (Å²) in [7, 11) is 0. The highest BCUT2D eigenvalue weighted by atomic mass is 32.2. The number of halogens is 3. The maximum Gasteiger partial charge on any atom is 0.573 e. The summed E-state index contributed by atoms with van der Waals surface area (Å²) in [4.78, 5) is 12.5. The maximum atomic E-state index is 12.5. The molecule has 4 rings (SSSR count).